The smallest absolute Gasteiger partial charge is 0.422 e. The zero-order valence-corrected chi connectivity index (χ0v) is 16.1. The van der Waals surface area contributed by atoms with Crippen molar-refractivity contribution in [3.05, 3.63) is 23.8 Å². The van der Waals surface area contributed by atoms with Crippen LogP contribution in [0.3, 0.4) is 0 Å². The first-order valence-corrected chi connectivity index (χ1v) is 9.40. The number of aliphatic carboxylic acids is 1. The molecule has 1 atom stereocenters. The van der Waals surface area contributed by atoms with Crippen LogP contribution in [0.5, 0.6) is 11.5 Å². The molecule has 1 aliphatic heterocycles. The first-order valence-electron chi connectivity index (χ1n) is 9.40. The van der Waals surface area contributed by atoms with Gasteiger partial charge in [-0.15, -0.1) is 0 Å². The number of piperidine rings is 1. The molecule has 1 fully saturated rings. The maximum absolute atomic E-state index is 13.1. The van der Waals surface area contributed by atoms with E-state index in [0.717, 1.165) is 36.8 Å². The predicted octanol–water partition coefficient (Wildman–Crippen LogP) is 2.70. The second kappa shape index (κ2) is 10.3. The molecule has 1 aliphatic rings. The number of carbonyl (C=O) groups excluding carboxylic acids is 1. The summed E-state index contributed by atoms with van der Waals surface area (Å²) >= 11 is 0. The highest BCUT2D eigenvalue weighted by Gasteiger charge is 2.29. The number of carboxylic acid groups (broad SMARTS) is 1. The van der Waals surface area contributed by atoms with Crippen molar-refractivity contribution < 1.29 is 37.3 Å². The van der Waals surface area contributed by atoms with Crippen molar-refractivity contribution in [1.29, 1.82) is 0 Å². The number of amides is 1. The third kappa shape index (κ3) is 7.45. The number of hydrogen-bond acceptors (Lipinski definition) is 5. The van der Waals surface area contributed by atoms with Gasteiger partial charge in [0.2, 0.25) is 0 Å². The monoisotopic (exact) mass is 418 g/mol. The maximum Gasteiger partial charge on any atom is 0.422 e. The van der Waals surface area contributed by atoms with Crippen molar-refractivity contribution in [2.75, 3.05) is 32.8 Å². The Morgan fingerprint density at radius 3 is 2.62 bits per heavy atom. The molecule has 2 N–H and O–H groups in total. The SMILES string of the molecule is CCOc1ccc(OCC(F)(F)F)cc1C(=O)N(CC(=O)O)CC1CCCCN1. The summed E-state index contributed by atoms with van der Waals surface area (Å²) in [5.41, 5.74) is -0.0383. The molecule has 0 aromatic heterocycles. The summed E-state index contributed by atoms with van der Waals surface area (Å²) in [7, 11) is 0. The summed E-state index contributed by atoms with van der Waals surface area (Å²) in [6.45, 7) is 0.847. The van der Waals surface area contributed by atoms with Crippen LogP contribution in [0.15, 0.2) is 18.2 Å². The van der Waals surface area contributed by atoms with Crippen LogP contribution in [-0.4, -0.2) is 66.9 Å². The molecule has 0 aliphatic carbocycles. The summed E-state index contributed by atoms with van der Waals surface area (Å²) < 4.78 is 47.4. The van der Waals surface area contributed by atoms with Crippen molar-refractivity contribution in [1.82, 2.24) is 10.2 Å². The van der Waals surface area contributed by atoms with E-state index in [-0.39, 0.29) is 36.3 Å². The molecule has 10 heteroatoms. The summed E-state index contributed by atoms with van der Waals surface area (Å²) in [5.74, 6) is -1.82. The van der Waals surface area contributed by atoms with Gasteiger partial charge in [0.05, 0.1) is 12.2 Å². The third-order valence-electron chi connectivity index (χ3n) is 4.35. The molecule has 162 valence electrons. The number of carbonyl (C=O) groups is 2. The predicted molar refractivity (Wildman–Crippen MR) is 98.3 cm³/mol. The minimum absolute atomic E-state index is 0.0383. The normalized spacial score (nSPS) is 16.9. The zero-order chi connectivity index (χ0) is 21.4. The van der Waals surface area contributed by atoms with E-state index < -0.39 is 31.2 Å². The van der Waals surface area contributed by atoms with Crippen LogP contribution in [0.4, 0.5) is 13.2 Å². The highest BCUT2D eigenvalue weighted by Crippen LogP contribution is 2.27. The summed E-state index contributed by atoms with van der Waals surface area (Å²) in [6, 6.07) is 3.73. The second-order valence-electron chi connectivity index (χ2n) is 6.72. The summed E-state index contributed by atoms with van der Waals surface area (Å²) in [5, 5.41) is 12.5. The highest BCUT2D eigenvalue weighted by molar-refractivity contribution is 5.98. The number of ether oxygens (including phenoxy) is 2. The van der Waals surface area contributed by atoms with Gasteiger partial charge in [-0.1, -0.05) is 6.42 Å². The van der Waals surface area contributed by atoms with Gasteiger partial charge in [-0.3, -0.25) is 9.59 Å². The standard InChI is InChI=1S/C19H25F3N2O5/c1-2-28-16-7-6-14(29-12-19(20,21)22)9-15(16)18(27)24(11-17(25)26)10-13-5-3-4-8-23-13/h6-7,9,13,23H,2-5,8,10-12H2,1H3,(H,25,26). The lowest BCUT2D eigenvalue weighted by atomic mass is 10.0. The van der Waals surface area contributed by atoms with Gasteiger partial charge in [-0.2, -0.15) is 13.2 Å². The average molecular weight is 418 g/mol. The van der Waals surface area contributed by atoms with Gasteiger partial charge < -0.3 is 24.8 Å². The topological polar surface area (TPSA) is 88.1 Å². The van der Waals surface area contributed by atoms with Crippen molar-refractivity contribution in [3.8, 4) is 11.5 Å². The van der Waals surface area contributed by atoms with E-state index >= 15 is 0 Å². The molecule has 2 rings (SSSR count). The van der Waals surface area contributed by atoms with Crippen LogP contribution >= 0.6 is 0 Å². The van der Waals surface area contributed by atoms with Crippen LogP contribution in [0.1, 0.15) is 36.5 Å². The van der Waals surface area contributed by atoms with Crippen LogP contribution in [0.25, 0.3) is 0 Å². The Hall–Kier alpha value is -2.49. The third-order valence-corrected chi connectivity index (χ3v) is 4.35. The molecule has 1 heterocycles. The zero-order valence-electron chi connectivity index (χ0n) is 16.1. The number of halogens is 3. The molecule has 29 heavy (non-hydrogen) atoms. The molecular formula is C19H25F3N2O5. The number of benzene rings is 1. The molecule has 1 unspecified atom stereocenters. The van der Waals surface area contributed by atoms with Gasteiger partial charge >= 0.3 is 12.1 Å². The molecular weight excluding hydrogens is 393 g/mol. The number of carboxylic acids is 1. The van der Waals surface area contributed by atoms with E-state index in [1.807, 2.05) is 0 Å². The van der Waals surface area contributed by atoms with Crippen LogP contribution in [0, 0.1) is 0 Å². The Balaban J connectivity index is 2.26. The molecule has 1 aromatic rings. The lowest BCUT2D eigenvalue weighted by Gasteiger charge is -2.30. The highest BCUT2D eigenvalue weighted by atomic mass is 19.4. The van der Waals surface area contributed by atoms with E-state index in [1.54, 1.807) is 6.92 Å². The number of nitrogens with zero attached hydrogens (tertiary/aromatic N) is 1. The lowest BCUT2D eigenvalue weighted by Crippen LogP contribution is -2.47. The Labute approximate surface area is 166 Å². The average Bonchev–Trinajstić information content (AvgIpc) is 2.66. The van der Waals surface area contributed by atoms with Gasteiger partial charge in [0.1, 0.15) is 18.0 Å². The van der Waals surface area contributed by atoms with Crippen LogP contribution in [-0.2, 0) is 4.79 Å². The van der Waals surface area contributed by atoms with Gasteiger partial charge in [0.25, 0.3) is 5.91 Å². The summed E-state index contributed by atoms with van der Waals surface area (Å²) in [4.78, 5) is 25.5. The molecule has 1 saturated heterocycles. The number of alkyl halides is 3. The Morgan fingerprint density at radius 2 is 2.03 bits per heavy atom. The van der Waals surface area contributed by atoms with Crippen molar-refractivity contribution in [2.45, 2.75) is 38.4 Å². The number of rotatable bonds is 9. The molecule has 1 amide bonds. The molecule has 1 aromatic carbocycles. The van der Waals surface area contributed by atoms with Crippen LogP contribution in [0.2, 0.25) is 0 Å². The van der Waals surface area contributed by atoms with E-state index in [2.05, 4.69) is 5.32 Å². The largest absolute Gasteiger partial charge is 0.493 e. The van der Waals surface area contributed by atoms with Gasteiger partial charge in [-0.05, 0) is 44.5 Å². The molecule has 0 radical (unpaired) electrons. The number of hydrogen-bond donors (Lipinski definition) is 2. The van der Waals surface area contributed by atoms with Crippen molar-refractivity contribution in [2.24, 2.45) is 0 Å². The molecule has 0 spiro atoms. The first-order chi connectivity index (χ1) is 13.7. The minimum atomic E-state index is -4.52. The van der Waals surface area contributed by atoms with E-state index in [4.69, 9.17) is 9.47 Å². The minimum Gasteiger partial charge on any atom is -0.493 e. The quantitative estimate of drug-likeness (QED) is 0.641. The lowest BCUT2D eigenvalue weighted by molar-refractivity contribution is -0.153. The van der Waals surface area contributed by atoms with Gasteiger partial charge in [-0.25, -0.2) is 0 Å². The fourth-order valence-electron chi connectivity index (χ4n) is 3.11. The van der Waals surface area contributed by atoms with Crippen LogP contribution < -0.4 is 14.8 Å². The Kier molecular flexibility index (Phi) is 8.12. The van der Waals surface area contributed by atoms with Crippen molar-refractivity contribution >= 4 is 11.9 Å². The second-order valence-corrected chi connectivity index (χ2v) is 6.72. The first kappa shape index (κ1) is 22.8. The fraction of sp³-hybridized carbons (Fsp3) is 0.579. The maximum atomic E-state index is 13.1. The molecule has 0 saturated carbocycles. The van der Waals surface area contributed by atoms with E-state index in [0.29, 0.717) is 0 Å². The molecule has 7 nitrogen and oxygen atoms in total. The summed E-state index contributed by atoms with van der Waals surface area (Å²) in [6.07, 6.45) is -1.74. The fourth-order valence-corrected chi connectivity index (χ4v) is 3.11. The number of nitrogens with one attached hydrogen (secondary N) is 1. The van der Waals surface area contributed by atoms with Crippen molar-refractivity contribution in [3.63, 3.8) is 0 Å². The van der Waals surface area contributed by atoms with Gasteiger partial charge in [0, 0.05) is 12.6 Å². The van der Waals surface area contributed by atoms with E-state index in [1.165, 1.54) is 12.1 Å². The Bertz CT molecular complexity index is 706. The Morgan fingerprint density at radius 1 is 1.28 bits per heavy atom. The molecule has 0 bridgehead atoms. The van der Waals surface area contributed by atoms with E-state index in [9.17, 15) is 27.9 Å². The van der Waals surface area contributed by atoms with Gasteiger partial charge in [0.15, 0.2) is 6.61 Å².